The molecule has 0 bridgehead atoms. The fourth-order valence-corrected chi connectivity index (χ4v) is 3.78. The van der Waals surface area contributed by atoms with E-state index in [0.717, 1.165) is 25.0 Å². The molecular weight excluding hydrogens is 252 g/mol. The van der Waals surface area contributed by atoms with Crippen molar-refractivity contribution in [2.45, 2.75) is 51.6 Å². The maximum Gasteiger partial charge on any atom is 0.170 e. The standard InChI is InChI=1S/C17H22O3/c1-16(2)7-4-8-17(11-16)10-14(18)13-9-12(19-3)5-6-15(13)20-17/h5-6,9H,4,7-8,10-11H2,1-3H3. The number of ether oxygens (including phenoxy) is 2. The second-order valence-corrected chi connectivity index (χ2v) is 6.94. The number of carbonyl (C=O) groups is 1. The van der Waals surface area contributed by atoms with Crippen LogP contribution >= 0.6 is 0 Å². The van der Waals surface area contributed by atoms with Crippen LogP contribution in [0.15, 0.2) is 18.2 Å². The fraction of sp³-hybridized carbons (Fsp3) is 0.588. The van der Waals surface area contributed by atoms with Gasteiger partial charge in [0.05, 0.1) is 19.1 Å². The van der Waals surface area contributed by atoms with Crippen molar-refractivity contribution in [2.75, 3.05) is 7.11 Å². The van der Waals surface area contributed by atoms with Gasteiger partial charge in [-0.25, -0.2) is 0 Å². The van der Waals surface area contributed by atoms with E-state index in [-0.39, 0.29) is 16.8 Å². The van der Waals surface area contributed by atoms with E-state index in [4.69, 9.17) is 9.47 Å². The zero-order valence-electron chi connectivity index (χ0n) is 12.5. The second-order valence-electron chi connectivity index (χ2n) is 6.94. The number of hydrogen-bond acceptors (Lipinski definition) is 3. The Labute approximate surface area is 120 Å². The topological polar surface area (TPSA) is 35.5 Å². The number of rotatable bonds is 1. The fourth-order valence-electron chi connectivity index (χ4n) is 3.78. The molecular formula is C17H22O3. The van der Waals surface area contributed by atoms with E-state index < -0.39 is 0 Å². The molecule has 1 aromatic rings. The van der Waals surface area contributed by atoms with Gasteiger partial charge in [0.25, 0.3) is 0 Å². The summed E-state index contributed by atoms with van der Waals surface area (Å²) < 4.78 is 11.5. The van der Waals surface area contributed by atoms with Crippen molar-refractivity contribution in [3.05, 3.63) is 23.8 Å². The van der Waals surface area contributed by atoms with Crippen molar-refractivity contribution < 1.29 is 14.3 Å². The number of methoxy groups -OCH3 is 1. The predicted octanol–water partition coefficient (Wildman–Crippen LogP) is 4.00. The van der Waals surface area contributed by atoms with Gasteiger partial charge in [0.2, 0.25) is 0 Å². The Hall–Kier alpha value is -1.51. The summed E-state index contributed by atoms with van der Waals surface area (Å²) in [5.74, 6) is 1.61. The Balaban J connectivity index is 1.94. The first kappa shape index (κ1) is 13.5. The van der Waals surface area contributed by atoms with Crippen LogP contribution in [0, 0.1) is 5.41 Å². The van der Waals surface area contributed by atoms with Crippen molar-refractivity contribution in [1.29, 1.82) is 0 Å². The minimum atomic E-state index is -0.291. The van der Waals surface area contributed by atoms with Crippen LogP contribution in [0.2, 0.25) is 0 Å². The quantitative estimate of drug-likeness (QED) is 0.776. The number of carbonyl (C=O) groups excluding carboxylic acids is 1. The van der Waals surface area contributed by atoms with Gasteiger partial charge in [-0.2, -0.15) is 0 Å². The van der Waals surface area contributed by atoms with Crippen LogP contribution < -0.4 is 9.47 Å². The average molecular weight is 274 g/mol. The average Bonchev–Trinajstić information content (AvgIpc) is 2.37. The molecule has 1 heterocycles. The smallest absolute Gasteiger partial charge is 0.170 e. The SMILES string of the molecule is COc1ccc2c(c1)C(=O)CC1(CCCC(C)(C)C1)O2. The summed E-state index contributed by atoms with van der Waals surface area (Å²) >= 11 is 0. The summed E-state index contributed by atoms with van der Waals surface area (Å²) in [6.45, 7) is 4.54. The van der Waals surface area contributed by atoms with E-state index >= 15 is 0 Å². The van der Waals surface area contributed by atoms with Crippen LogP contribution in [0.5, 0.6) is 11.5 Å². The molecule has 1 aliphatic heterocycles. The Morgan fingerprint density at radius 2 is 2.05 bits per heavy atom. The van der Waals surface area contributed by atoms with Gasteiger partial charge in [-0.15, -0.1) is 0 Å². The first-order valence-corrected chi connectivity index (χ1v) is 7.33. The molecule has 1 spiro atoms. The largest absolute Gasteiger partial charge is 0.497 e. The maximum absolute atomic E-state index is 12.5. The van der Waals surface area contributed by atoms with E-state index in [2.05, 4.69) is 13.8 Å². The number of fused-ring (bicyclic) bond motifs is 1. The zero-order valence-corrected chi connectivity index (χ0v) is 12.5. The van der Waals surface area contributed by atoms with E-state index in [0.29, 0.717) is 17.7 Å². The lowest BCUT2D eigenvalue weighted by Gasteiger charge is -2.46. The van der Waals surface area contributed by atoms with Gasteiger partial charge in [0, 0.05) is 0 Å². The lowest BCUT2D eigenvalue weighted by molar-refractivity contribution is -0.0249. The molecule has 3 nitrogen and oxygen atoms in total. The molecule has 1 saturated carbocycles. The van der Waals surface area contributed by atoms with Gasteiger partial charge in [-0.3, -0.25) is 4.79 Å². The molecule has 3 rings (SSSR count). The number of benzene rings is 1. The number of ketones is 1. The number of hydrogen-bond donors (Lipinski definition) is 0. The van der Waals surface area contributed by atoms with E-state index in [1.165, 1.54) is 6.42 Å². The summed E-state index contributed by atoms with van der Waals surface area (Å²) in [6.07, 6.45) is 4.77. The molecule has 2 aliphatic rings. The van der Waals surface area contributed by atoms with Gasteiger partial charge < -0.3 is 9.47 Å². The normalized spacial score (nSPS) is 27.9. The highest BCUT2D eigenvalue weighted by molar-refractivity contribution is 6.00. The van der Waals surface area contributed by atoms with Gasteiger partial charge in [-0.05, 0) is 49.3 Å². The first-order valence-electron chi connectivity index (χ1n) is 7.33. The van der Waals surface area contributed by atoms with Gasteiger partial charge in [0.1, 0.15) is 17.1 Å². The van der Waals surface area contributed by atoms with Crippen LogP contribution in [0.1, 0.15) is 56.3 Å². The molecule has 1 aliphatic carbocycles. The third-order valence-electron chi connectivity index (χ3n) is 4.58. The minimum absolute atomic E-state index is 0.183. The second kappa shape index (κ2) is 4.51. The lowest BCUT2D eigenvalue weighted by atomic mass is 9.67. The van der Waals surface area contributed by atoms with Crippen LogP contribution in [0.3, 0.4) is 0 Å². The summed E-state index contributed by atoms with van der Waals surface area (Å²) in [4.78, 5) is 12.5. The molecule has 0 amide bonds. The van der Waals surface area contributed by atoms with Crippen LogP contribution in [0.25, 0.3) is 0 Å². The highest BCUT2D eigenvalue weighted by Crippen LogP contribution is 2.48. The molecule has 0 aromatic heterocycles. The first-order chi connectivity index (χ1) is 9.43. The molecule has 0 saturated heterocycles. The Morgan fingerprint density at radius 1 is 1.25 bits per heavy atom. The van der Waals surface area contributed by atoms with E-state index in [1.54, 1.807) is 13.2 Å². The van der Waals surface area contributed by atoms with Crippen LogP contribution in [0.4, 0.5) is 0 Å². The summed E-state index contributed by atoms with van der Waals surface area (Å²) in [5.41, 5.74) is 0.626. The van der Waals surface area contributed by atoms with Crippen LogP contribution in [-0.4, -0.2) is 18.5 Å². The molecule has 1 aromatic carbocycles. The lowest BCUT2D eigenvalue weighted by Crippen LogP contribution is -2.47. The third-order valence-corrected chi connectivity index (χ3v) is 4.58. The van der Waals surface area contributed by atoms with Crippen molar-refractivity contribution in [1.82, 2.24) is 0 Å². The minimum Gasteiger partial charge on any atom is -0.497 e. The number of Topliss-reactive ketones (excluding diaryl/α,β-unsaturated/α-hetero) is 1. The molecule has 20 heavy (non-hydrogen) atoms. The zero-order chi connectivity index (χ0) is 14.4. The van der Waals surface area contributed by atoms with E-state index in [9.17, 15) is 4.79 Å². The van der Waals surface area contributed by atoms with Crippen LogP contribution in [-0.2, 0) is 0 Å². The summed E-state index contributed by atoms with van der Waals surface area (Å²) in [5, 5.41) is 0. The third kappa shape index (κ3) is 2.30. The molecule has 3 heteroatoms. The van der Waals surface area contributed by atoms with Gasteiger partial charge in [0.15, 0.2) is 5.78 Å². The molecule has 1 unspecified atom stereocenters. The van der Waals surface area contributed by atoms with Crippen molar-refractivity contribution in [3.8, 4) is 11.5 Å². The maximum atomic E-state index is 12.5. The monoisotopic (exact) mass is 274 g/mol. The molecule has 1 atom stereocenters. The van der Waals surface area contributed by atoms with Crippen molar-refractivity contribution >= 4 is 5.78 Å². The predicted molar refractivity (Wildman–Crippen MR) is 77.5 cm³/mol. The highest BCUT2D eigenvalue weighted by Gasteiger charge is 2.46. The van der Waals surface area contributed by atoms with Crippen molar-refractivity contribution in [3.63, 3.8) is 0 Å². The van der Waals surface area contributed by atoms with E-state index in [1.807, 2.05) is 12.1 Å². The highest BCUT2D eigenvalue weighted by atomic mass is 16.5. The molecule has 0 N–H and O–H groups in total. The summed E-state index contributed by atoms with van der Waals surface area (Å²) in [7, 11) is 1.61. The Morgan fingerprint density at radius 3 is 2.75 bits per heavy atom. The Kier molecular flexibility index (Phi) is 3.03. The molecule has 108 valence electrons. The Bertz CT molecular complexity index is 547. The van der Waals surface area contributed by atoms with Gasteiger partial charge in [-0.1, -0.05) is 13.8 Å². The molecule has 0 radical (unpaired) electrons. The summed E-state index contributed by atoms with van der Waals surface area (Å²) in [6, 6.07) is 5.52. The molecule has 1 fully saturated rings. The van der Waals surface area contributed by atoms with Crippen molar-refractivity contribution in [2.24, 2.45) is 5.41 Å². The van der Waals surface area contributed by atoms with Gasteiger partial charge >= 0.3 is 0 Å².